The van der Waals surface area contributed by atoms with E-state index in [9.17, 15) is 4.79 Å². The second-order valence-electron chi connectivity index (χ2n) is 10.2. The summed E-state index contributed by atoms with van der Waals surface area (Å²) >= 11 is 0. The lowest BCUT2D eigenvalue weighted by Crippen LogP contribution is -2.14. The SMILES string of the molecule is CN(C)CCc1c[nH]c2ccc(N)cc12.CN(C)CCc1c[nH]c2ccc(Nc3ncccc3C(N)=O)cc12. The number of likely N-dealkylation sites (N-methyl/N-ethyl adjacent to an activating group) is 2. The first-order chi connectivity index (χ1) is 18.7. The lowest BCUT2D eigenvalue weighted by molar-refractivity contribution is 0.100. The van der Waals surface area contributed by atoms with E-state index in [1.54, 1.807) is 18.3 Å². The minimum absolute atomic E-state index is 0.375. The molecule has 0 unspecified atom stereocenters. The molecule has 9 heteroatoms. The van der Waals surface area contributed by atoms with E-state index in [1.165, 1.54) is 21.9 Å². The fourth-order valence-corrected chi connectivity index (χ4v) is 4.39. The second-order valence-corrected chi connectivity index (χ2v) is 10.2. The minimum atomic E-state index is -0.500. The van der Waals surface area contributed by atoms with Gasteiger partial charge in [0.25, 0.3) is 5.91 Å². The van der Waals surface area contributed by atoms with Crippen molar-refractivity contribution in [2.75, 3.05) is 52.3 Å². The van der Waals surface area contributed by atoms with E-state index in [1.807, 2.05) is 36.5 Å². The van der Waals surface area contributed by atoms with Crippen LogP contribution in [0.1, 0.15) is 21.5 Å². The average molecular weight is 527 g/mol. The third kappa shape index (κ3) is 7.16. The zero-order valence-corrected chi connectivity index (χ0v) is 23.1. The van der Waals surface area contributed by atoms with Crippen LogP contribution in [-0.4, -0.2) is 71.9 Å². The Morgan fingerprint density at radius 2 is 1.46 bits per heavy atom. The van der Waals surface area contributed by atoms with Crippen LogP contribution in [0.4, 0.5) is 17.2 Å². The molecule has 204 valence electrons. The van der Waals surface area contributed by atoms with Crippen molar-refractivity contribution in [1.82, 2.24) is 24.8 Å². The molecular weight excluding hydrogens is 488 g/mol. The first-order valence-electron chi connectivity index (χ1n) is 13.0. The predicted molar refractivity (Wildman–Crippen MR) is 162 cm³/mol. The maximum absolute atomic E-state index is 11.5. The molecule has 0 bridgehead atoms. The number of benzene rings is 2. The van der Waals surface area contributed by atoms with Gasteiger partial charge < -0.3 is 36.6 Å². The zero-order chi connectivity index (χ0) is 27.9. The quantitative estimate of drug-likeness (QED) is 0.181. The molecule has 0 aliphatic carbocycles. The van der Waals surface area contributed by atoms with Crippen LogP contribution in [-0.2, 0) is 12.8 Å². The number of hydrogen-bond acceptors (Lipinski definition) is 6. The Kier molecular flexibility index (Phi) is 8.85. The van der Waals surface area contributed by atoms with Crippen LogP contribution in [0.25, 0.3) is 21.8 Å². The lowest BCUT2D eigenvalue weighted by Gasteiger charge is -2.10. The van der Waals surface area contributed by atoms with Crippen LogP contribution in [0.3, 0.4) is 0 Å². The third-order valence-corrected chi connectivity index (χ3v) is 6.55. The van der Waals surface area contributed by atoms with Crippen molar-refractivity contribution < 1.29 is 4.79 Å². The molecule has 3 heterocycles. The Morgan fingerprint density at radius 3 is 2.05 bits per heavy atom. The van der Waals surface area contributed by atoms with Crippen LogP contribution >= 0.6 is 0 Å². The minimum Gasteiger partial charge on any atom is -0.399 e. The number of nitrogen functional groups attached to an aromatic ring is 1. The molecule has 0 fully saturated rings. The number of aromatic nitrogens is 3. The lowest BCUT2D eigenvalue weighted by atomic mass is 10.1. The van der Waals surface area contributed by atoms with Crippen molar-refractivity contribution in [1.29, 1.82) is 0 Å². The molecule has 0 spiro atoms. The van der Waals surface area contributed by atoms with Crippen molar-refractivity contribution in [3.8, 4) is 0 Å². The Hall–Kier alpha value is -4.34. The Morgan fingerprint density at radius 1 is 0.872 bits per heavy atom. The van der Waals surface area contributed by atoms with Crippen molar-refractivity contribution in [3.63, 3.8) is 0 Å². The molecule has 0 aliphatic heterocycles. The first kappa shape index (κ1) is 27.7. The number of fused-ring (bicyclic) bond motifs is 2. The van der Waals surface area contributed by atoms with Crippen LogP contribution in [0.5, 0.6) is 0 Å². The molecule has 0 saturated heterocycles. The van der Waals surface area contributed by atoms with Gasteiger partial charge >= 0.3 is 0 Å². The molecule has 2 aromatic carbocycles. The van der Waals surface area contributed by atoms with Gasteiger partial charge in [0.05, 0.1) is 5.56 Å². The van der Waals surface area contributed by atoms with Gasteiger partial charge in [0.2, 0.25) is 0 Å². The van der Waals surface area contributed by atoms with Crippen molar-refractivity contribution in [2.45, 2.75) is 12.8 Å². The molecule has 0 saturated carbocycles. The van der Waals surface area contributed by atoms with E-state index in [-0.39, 0.29) is 0 Å². The average Bonchev–Trinajstić information content (AvgIpc) is 3.50. The molecule has 9 nitrogen and oxygen atoms in total. The monoisotopic (exact) mass is 526 g/mol. The Labute approximate surface area is 229 Å². The van der Waals surface area contributed by atoms with Crippen LogP contribution < -0.4 is 16.8 Å². The van der Waals surface area contributed by atoms with Gasteiger partial charge in [-0.25, -0.2) is 4.98 Å². The standard InChI is InChI=1S/C18H21N5O.C12H17N3/c1-23(2)9-7-12-11-21-16-6-5-13(10-15(12)16)22-18-14(17(19)24)4-3-8-20-18;1-15(2)6-5-9-8-14-12-4-3-10(13)7-11(9)12/h3-6,8,10-11,21H,7,9H2,1-2H3,(H2,19,24)(H,20,22);3-4,7-8,14H,5-6,13H2,1-2H3. The summed E-state index contributed by atoms with van der Waals surface area (Å²) in [5.41, 5.74) is 18.1. The number of anilines is 3. The number of carbonyl (C=O) groups excluding carboxylic acids is 1. The normalized spacial score (nSPS) is 11.2. The number of H-pyrrole nitrogens is 2. The van der Waals surface area contributed by atoms with Gasteiger partial charge in [0.15, 0.2) is 0 Å². The van der Waals surface area contributed by atoms with Gasteiger partial charge in [-0.1, -0.05) is 0 Å². The largest absolute Gasteiger partial charge is 0.399 e. The molecule has 3 aromatic heterocycles. The Balaban J connectivity index is 0.000000202. The Bertz CT molecular complexity index is 1550. The van der Waals surface area contributed by atoms with Gasteiger partial charge in [-0.05, 0) is 101 Å². The van der Waals surface area contributed by atoms with Crippen molar-refractivity contribution in [3.05, 3.63) is 83.8 Å². The number of nitrogens with one attached hydrogen (secondary N) is 3. The molecule has 7 N–H and O–H groups in total. The highest BCUT2D eigenvalue weighted by Crippen LogP contribution is 2.26. The first-order valence-corrected chi connectivity index (χ1v) is 13.0. The van der Waals surface area contributed by atoms with Gasteiger partial charge in [0.1, 0.15) is 5.82 Å². The van der Waals surface area contributed by atoms with Gasteiger partial charge in [0, 0.05) is 64.9 Å². The van der Waals surface area contributed by atoms with Crippen molar-refractivity contribution >= 4 is 44.9 Å². The van der Waals surface area contributed by atoms with Gasteiger partial charge in [-0.3, -0.25) is 4.79 Å². The summed E-state index contributed by atoms with van der Waals surface area (Å²) in [5, 5.41) is 5.60. The van der Waals surface area contributed by atoms with Crippen molar-refractivity contribution in [2.24, 2.45) is 5.73 Å². The van der Waals surface area contributed by atoms with E-state index in [2.05, 4.69) is 70.5 Å². The highest BCUT2D eigenvalue weighted by atomic mass is 16.1. The zero-order valence-electron chi connectivity index (χ0n) is 23.1. The summed E-state index contributed by atoms with van der Waals surface area (Å²) < 4.78 is 0. The maximum atomic E-state index is 11.5. The number of hydrogen-bond donors (Lipinski definition) is 5. The molecule has 1 amide bonds. The molecule has 0 aliphatic rings. The fraction of sp³-hybridized carbons (Fsp3) is 0.267. The van der Waals surface area contributed by atoms with Crippen LogP contribution in [0.2, 0.25) is 0 Å². The summed E-state index contributed by atoms with van der Waals surface area (Å²) in [6.45, 7) is 2.04. The number of pyridine rings is 1. The second kappa shape index (κ2) is 12.5. The smallest absolute Gasteiger partial charge is 0.252 e. The van der Waals surface area contributed by atoms with E-state index in [0.29, 0.717) is 11.4 Å². The maximum Gasteiger partial charge on any atom is 0.252 e. The van der Waals surface area contributed by atoms with Gasteiger partial charge in [-0.15, -0.1) is 0 Å². The van der Waals surface area contributed by atoms with Crippen LogP contribution in [0, 0.1) is 0 Å². The summed E-state index contributed by atoms with van der Waals surface area (Å²) in [6, 6.07) is 15.4. The summed E-state index contributed by atoms with van der Waals surface area (Å²) in [4.78, 5) is 26.6. The third-order valence-electron chi connectivity index (χ3n) is 6.55. The number of aromatic amines is 2. The predicted octanol–water partition coefficient (Wildman–Crippen LogP) is 4.36. The van der Waals surface area contributed by atoms with Gasteiger partial charge in [-0.2, -0.15) is 0 Å². The van der Waals surface area contributed by atoms with E-state index >= 15 is 0 Å². The molecular formula is C30H38N8O. The number of amides is 1. The van der Waals surface area contributed by atoms with E-state index in [4.69, 9.17) is 11.5 Å². The van der Waals surface area contributed by atoms with Crippen LogP contribution in [0.15, 0.2) is 67.1 Å². The number of nitrogens with zero attached hydrogens (tertiary/aromatic N) is 3. The summed E-state index contributed by atoms with van der Waals surface area (Å²) in [7, 11) is 8.30. The number of carbonyl (C=O) groups is 1. The topological polar surface area (TPSA) is 132 Å². The van der Waals surface area contributed by atoms with E-state index < -0.39 is 5.91 Å². The molecule has 39 heavy (non-hydrogen) atoms. The summed E-state index contributed by atoms with van der Waals surface area (Å²) in [5.74, 6) is -0.0327. The summed E-state index contributed by atoms with van der Waals surface area (Å²) in [6.07, 6.45) is 7.77. The highest BCUT2D eigenvalue weighted by Gasteiger charge is 2.10. The fourth-order valence-electron chi connectivity index (χ4n) is 4.39. The number of rotatable bonds is 9. The highest BCUT2D eigenvalue weighted by molar-refractivity contribution is 5.98. The number of nitrogens with two attached hydrogens (primary N) is 2. The molecule has 0 atom stereocenters. The van der Waals surface area contributed by atoms with E-state index in [0.717, 1.165) is 48.3 Å². The molecule has 5 rings (SSSR count). The number of primary amides is 1. The molecule has 5 aromatic rings. The molecule has 0 radical (unpaired) electrons.